The Morgan fingerprint density at radius 1 is 0.931 bits per heavy atom. The second-order valence-electron chi connectivity index (χ2n) is 7.75. The molecule has 2 fully saturated rings. The van der Waals surface area contributed by atoms with Gasteiger partial charge in [0.2, 0.25) is 11.8 Å². The average molecular weight is 393 g/mol. The predicted molar refractivity (Wildman–Crippen MR) is 113 cm³/mol. The maximum atomic E-state index is 13.0. The van der Waals surface area contributed by atoms with Crippen molar-refractivity contribution < 1.29 is 14.3 Å². The average Bonchev–Trinajstić information content (AvgIpc) is 3.15. The van der Waals surface area contributed by atoms with Crippen molar-refractivity contribution in [3.8, 4) is 5.75 Å². The van der Waals surface area contributed by atoms with Crippen LogP contribution >= 0.6 is 0 Å². The fourth-order valence-corrected chi connectivity index (χ4v) is 4.08. The molecular weight excluding hydrogens is 366 g/mol. The van der Waals surface area contributed by atoms with Gasteiger partial charge < -0.3 is 19.4 Å². The zero-order valence-electron chi connectivity index (χ0n) is 17.0. The minimum Gasteiger partial charge on any atom is -0.497 e. The molecule has 0 bridgehead atoms. The third kappa shape index (κ3) is 4.06. The summed E-state index contributed by atoms with van der Waals surface area (Å²) in [5.74, 6) is 0.583. The molecule has 1 atom stereocenters. The molecule has 2 saturated heterocycles. The number of rotatable bonds is 4. The van der Waals surface area contributed by atoms with E-state index in [2.05, 4.69) is 36.1 Å². The first-order valence-corrected chi connectivity index (χ1v) is 10.1. The highest BCUT2D eigenvalue weighted by Gasteiger charge is 2.37. The van der Waals surface area contributed by atoms with Gasteiger partial charge in [-0.05, 0) is 43.3 Å². The van der Waals surface area contributed by atoms with Gasteiger partial charge >= 0.3 is 0 Å². The van der Waals surface area contributed by atoms with E-state index in [0.29, 0.717) is 19.6 Å². The number of aryl methyl sites for hydroxylation is 1. The lowest BCUT2D eigenvalue weighted by Gasteiger charge is -2.37. The van der Waals surface area contributed by atoms with Crippen LogP contribution < -0.4 is 14.5 Å². The first-order chi connectivity index (χ1) is 14.0. The maximum Gasteiger partial charge on any atom is 0.228 e. The molecule has 0 aromatic heterocycles. The Labute approximate surface area is 171 Å². The van der Waals surface area contributed by atoms with Gasteiger partial charge in [0.25, 0.3) is 0 Å². The molecule has 2 amide bonds. The van der Waals surface area contributed by atoms with E-state index in [-0.39, 0.29) is 24.2 Å². The Bertz CT molecular complexity index is 871. The van der Waals surface area contributed by atoms with Gasteiger partial charge in [-0.15, -0.1) is 0 Å². The summed E-state index contributed by atoms with van der Waals surface area (Å²) in [5.41, 5.74) is 3.26. The Kier molecular flexibility index (Phi) is 5.43. The third-order valence-electron chi connectivity index (χ3n) is 5.85. The van der Waals surface area contributed by atoms with Gasteiger partial charge in [0.1, 0.15) is 5.75 Å². The van der Waals surface area contributed by atoms with Crippen LogP contribution in [0.2, 0.25) is 0 Å². The molecule has 0 aliphatic carbocycles. The summed E-state index contributed by atoms with van der Waals surface area (Å²) < 4.78 is 5.18. The first-order valence-electron chi connectivity index (χ1n) is 10.1. The minimum atomic E-state index is -0.268. The van der Waals surface area contributed by atoms with Crippen LogP contribution in [-0.4, -0.2) is 56.5 Å². The molecule has 2 aliphatic rings. The molecule has 6 heteroatoms. The molecular formula is C23H27N3O3. The van der Waals surface area contributed by atoms with Crippen molar-refractivity contribution in [3.05, 3.63) is 54.1 Å². The van der Waals surface area contributed by atoms with Crippen molar-refractivity contribution in [1.82, 2.24) is 4.90 Å². The van der Waals surface area contributed by atoms with Crippen LogP contribution in [0.4, 0.5) is 11.4 Å². The van der Waals surface area contributed by atoms with Crippen LogP contribution in [0.15, 0.2) is 48.5 Å². The molecule has 2 aliphatic heterocycles. The number of hydrogen-bond donors (Lipinski definition) is 0. The van der Waals surface area contributed by atoms with Crippen molar-refractivity contribution in [1.29, 1.82) is 0 Å². The molecule has 0 unspecified atom stereocenters. The first kappa shape index (κ1) is 19.3. The molecule has 0 saturated carbocycles. The summed E-state index contributed by atoms with van der Waals surface area (Å²) in [5, 5.41) is 0. The number of methoxy groups -OCH3 is 1. The number of nitrogens with zero attached hydrogens (tertiary/aromatic N) is 3. The molecule has 0 radical (unpaired) electrons. The second kappa shape index (κ2) is 8.15. The second-order valence-corrected chi connectivity index (χ2v) is 7.75. The van der Waals surface area contributed by atoms with E-state index in [4.69, 9.17) is 4.74 Å². The third-order valence-corrected chi connectivity index (χ3v) is 5.85. The van der Waals surface area contributed by atoms with Gasteiger partial charge in [-0.3, -0.25) is 9.59 Å². The van der Waals surface area contributed by atoms with Gasteiger partial charge in [-0.25, -0.2) is 0 Å². The molecule has 2 aromatic rings. The highest BCUT2D eigenvalue weighted by Crippen LogP contribution is 2.28. The van der Waals surface area contributed by atoms with Gasteiger partial charge in [-0.1, -0.05) is 17.7 Å². The smallest absolute Gasteiger partial charge is 0.228 e. The zero-order chi connectivity index (χ0) is 20.4. The molecule has 0 spiro atoms. The van der Waals surface area contributed by atoms with E-state index in [1.54, 1.807) is 12.0 Å². The van der Waals surface area contributed by atoms with E-state index in [0.717, 1.165) is 24.5 Å². The van der Waals surface area contributed by atoms with Crippen molar-refractivity contribution in [2.45, 2.75) is 13.3 Å². The van der Waals surface area contributed by atoms with Crippen LogP contribution in [0, 0.1) is 12.8 Å². The Morgan fingerprint density at radius 3 is 2.17 bits per heavy atom. The van der Waals surface area contributed by atoms with E-state index in [1.807, 2.05) is 29.2 Å². The standard InChI is InChI=1S/C23H27N3O3/c1-17-3-5-19(6-4-17)24-11-13-25(14-12-24)23(28)18-15-22(27)26(16-18)20-7-9-21(29-2)10-8-20/h3-10,18H,11-16H2,1-2H3/t18-/m0/s1. The number of anilines is 2. The summed E-state index contributed by atoms with van der Waals surface area (Å²) in [6, 6.07) is 15.9. The molecule has 6 nitrogen and oxygen atoms in total. The molecule has 4 rings (SSSR count). The molecule has 2 heterocycles. The lowest BCUT2D eigenvalue weighted by atomic mass is 10.1. The van der Waals surface area contributed by atoms with Gasteiger partial charge in [0, 0.05) is 50.5 Å². The van der Waals surface area contributed by atoms with E-state index in [9.17, 15) is 9.59 Å². The van der Waals surface area contributed by atoms with Crippen molar-refractivity contribution in [2.75, 3.05) is 49.6 Å². The van der Waals surface area contributed by atoms with Crippen LogP contribution in [0.3, 0.4) is 0 Å². The monoisotopic (exact) mass is 393 g/mol. The van der Waals surface area contributed by atoms with Crippen LogP contribution in [-0.2, 0) is 9.59 Å². The number of piperazine rings is 1. The van der Waals surface area contributed by atoms with Gasteiger partial charge in [0.15, 0.2) is 0 Å². The zero-order valence-corrected chi connectivity index (χ0v) is 17.0. The van der Waals surface area contributed by atoms with Crippen LogP contribution in [0.25, 0.3) is 0 Å². The number of hydrogen-bond acceptors (Lipinski definition) is 4. The molecule has 152 valence electrons. The largest absolute Gasteiger partial charge is 0.497 e. The molecule has 0 N–H and O–H groups in total. The lowest BCUT2D eigenvalue weighted by molar-refractivity contribution is -0.136. The summed E-state index contributed by atoms with van der Waals surface area (Å²) in [4.78, 5) is 31.5. The van der Waals surface area contributed by atoms with E-state index < -0.39 is 0 Å². The Morgan fingerprint density at radius 2 is 1.55 bits per heavy atom. The topological polar surface area (TPSA) is 53.1 Å². The van der Waals surface area contributed by atoms with Gasteiger partial charge in [0.05, 0.1) is 13.0 Å². The summed E-state index contributed by atoms with van der Waals surface area (Å²) >= 11 is 0. The van der Waals surface area contributed by atoms with E-state index >= 15 is 0 Å². The van der Waals surface area contributed by atoms with Gasteiger partial charge in [-0.2, -0.15) is 0 Å². The van der Waals surface area contributed by atoms with Crippen molar-refractivity contribution in [2.24, 2.45) is 5.92 Å². The van der Waals surface area contributed by atoms with Crippen LogP contribution in [0.5, 0.6) is 5.75 Å². The van der Waals surface area contributed by atoms with E-state index in [1.165, 1.54) is 11.3 Å². The number of ether oxygens (including phenoxy) is 1. The van der Waals surface area contributed by atoms with Crippen molar-refractivity contribution in [3.63, 3.8) is 0 Å². The summed E-state index contributed by atoms with van der Waals surface area (Å²) in [6.45, 7) is 5.55. The highest BCUT2D eigenvalue weighted by atomic mass is 16.5. The minimum absolute atomic E-state index is 0.00630. The molecule has 2 aromatic carbocycles. The normalized spacial score (nSPS) is 19.6. The Balaban J connectivity index is 1.35. The predicted octanol–water partition coefficient (Wildman–Crippen LogP) is 2.71. The van der Waals surface area contributed by atoms with Crippen molar-refractivity contribution >= 4 is 23.2 Å². The quantitative estimate of drug-likeness (QED) is 0.802. The summed E-state index contributed by atoms with van der Waals surface area (Å²) in [6.07, 6.45) is 0.281. The highest BCUT2D eigenvalue weighted by molar-refractivity contribution is 6.00. The number of carbonyl (C=O) groups excluding carboxylic acids is 2. The molecule has 29 heavy (non-hydrogen) atoms. The SMILES string of the molecule is COc1ccc(N2C[C@@H](C(=O)N3CCN(c4ccc(C)cc4)CC3)CC2=O)cc1. The lowest BCUT2D eigenvalue weighted by Crippen LogP contribution is -2.50. The number of amides is 2. The summed E-state index contributed by atoms with van der Waals surface area (Å²) in [7, 11) is 1.61. The fraction of sp³-hybridized carbons (Fsp3) is 0.391. The Hall–Kier alpha value is -3.02. The maximum absolute atomic E-state index is 13.0. The fourth-order valence-electron chi connectivity index (χ4n) is 4.08. The number of benzene rings is 2. The van der Waals surface area contributed by atoms with Crippen LogP contribution in [0.1, 0.15) is 12.0 Å². The number of carbonyl (C=O) groups is 2.